The molecular formula is C13H22N2O. The summed E-state index contributed by atoms with van der Waals surface area (Å²) >= 11 is 0. The van der Waals surface area contributed by atoms with Gasteiger partial charge in [0.2, 0.25) is 0 Å². The third-order valence-electron chi connectivity index (χ3n) is 2.35. The fourth-order valence-electron chi connectivity index (χ4n) is 1.70. The lowest BCUT2D eigenvalue weighted by Gasteiger charge is -2.27. The predicted octanol–water partition coefficient (Wildman–Crippen LogP) is 2.62. The van der Waals surface area contributed by atoms with Crippen molar-refractivity contribution in [3.63, 3.8) is 0 Å². The largest absolute Gasteiger partial charge is 0.389 e. The van der Waals surface area contributed by atoms with Crippen molar-refractivity contribution in [1.29, 1.82) is 0 Å². The monoisotopic (exact) mass is 222 g/mol. The van der Waals surface area contributed by atoms with Gasteiger partial charge in [0, 0.05) is 19.8 Å². The molecule has 0 fully saturated rings. The van der Waals surface area contributed by atoms with Crippen LogP contribution in [0.3, 0.4) is 0 Å². The Kier molecular flexibility index (Phi) is 3.92. The molecule has 0 saturated heterocycles. The van der Waals surface area contributed by atoms with E-state index < -0.39 is 6.10 Å². The van der Waals surface area contributed by atoms with Crippen LogP contribution in [0.5, 0.6) is 0 Å². The lowest BCUT2D eigenvalue weighted by atomic mass is 9.96. The van der Waals surface area contributed by atoms with Crippen molar-refractivity contribution in [1.82, 2.24) is 4.98 Å². The lowest BCUT2D eigenvalue weighted by Crippen LogP contribution is -2.29. The maximum absolute atomic E-state index is 9.52. The van der Waals surface area contributed by atoms with E-state index in [9.17, 15) is 5.11 Å². The van der Waals surface area contributed by atoms with E-state index in [1.165, 1.54) is 0 Å². The summed E-state index contributed by atoms with van der Waals surface area (Å²) in [5.74, 6) is 0.910. The fourth-order valence-corrected chi connectivity index (χ4v) is 1.70. The summed E-state index contributed by atoms with van der Waals surface area (Å²) in [6.45, 7) is 9.29. The van der Waals surface area contributed by atoms with Crippen molar-refractivity contribution in [3.05, 3.63) is 23.9 Å². The Morgan fingerprint density at radius 1 is 1.44 bits per heavy atom. The zero-order valence-corrected chi connectivity index (χ0v) is 10.9. The Morgan fingerprint density at radius 2 is 2.06 bits per heavy atom. The molecule has 16 heavy (non-hydrogen) atoms. The van der Waals surface area contributed by atoms with E-state index in [1.807, 2.05) is 19.2 Å². The molecule has 1 aromatic rings. The molecule has 1 aromatic heterocycles. The zero-order chi connectivity index (χ0) is 12.3. The van der Waals surface area contributed by atoms with Gasteiger partial charge in [0.1, 0.15) is 5.82 Å². The minimum absolute atomic E-state index is 0.233. The van der Waals surface area contributed by atoms with E-state index in [-0.39, 0.29) is 5.41 Å². The van der Waals surface area contributed by atoms with E-state index in [2.05, 4.69) is 30.7 Å². The van der Waals surface area contributed by atoms with Crippen LogP contribution in [0.2, 0.25) is 0 Å². The molecule has 90 valence electrons. The molecule has 0 aliphatic carbocycles. The standard InChI is InChI=1S/C13H22N2O/c1-10(16)11-6-7-14-12(8-11)15(5)9-13(2,3)4/h6-8,10,16H,9H2,1-5H3/t10-/m1/s1. The van der Waals surface area contributed by atoms with Crippen LogP contribution in [-0.2, 0) is 0 Å². The Balaban J connectivity index is 2.83. The Morgan fingerprint density at radius 3 is 2.56 bits per heavy atom. The lowest BCUT2D eigenvalue weighted by molar-refractivity contribution is 0.199. The number of anilines is 1. The number of nitrogens with zero attached hydrogens (tertiary/aromatic N) is 2. The van der Waals surface area contributed by atoms with Crippen LogP contribution in [0.4, 0.5) is 5.82 Å². The third kappa shape index (κ3) is 3.81. The second-order valence-electron chi connectivity index (χ2n) is 5.54. The number of aliphatic hydroxyl groups excluding tert-OH is 1. The van der Waals surface area contributed by atoms with Gasteiger partial charge < -0.3 is 10.0 Å². The summed E-state index contributed by atoms with van der Waals surface area (Å²) in [6, 6.07) is 3.79. The molecule has 0 unspecified atom stereocenters. The first-order valence-corrected chi connectivity index (χ1v) is 5.65. The molecule has 1 heterocycles. The van der Waals surface area contributed by atoms with Crippen molar-refractivity contribution >= 4 is 5.82 Å². The molecule has 1 rings (SSSR count). The van der Waals surface area contributed by atoms with Gasteiger partial charge in [-0.15, -0.1) is 0 Å². The molecule has 0 spiro atoms. The summed E-state index contributed by atoms with van der Waals surface area (Å²) in [7, 11) is 2.03. The fraction of sp³-hybridized carbons (Fsp3) is 0.615. The van der Waals surface area contributed by atoms with Crippen molar-refractivity contribution in [2.45, 2.75) is 33.8 Å². The molecule has 0 amide bonds. The molecule has 0 saturated carbocycles. The predicted molar refractivity (Wildman–Crippen MR) is 67.6 cm³/mol. The van der Waals surface area contributed by atoms with Gasteiger partial charge in [0.25, 0.3) is 0 Å². The second-order valence-corrected chi connectivity index (χ2v) is 5.54. The highest BCUT2D eigenvalue weighted by atomic mass is 16.3. The average molecular weight is 222 g/mol. The maximum atomic E-state index is 9.52. The van der Waals surface area contributed by atoms with Gasteiger partial charge in [-0.25, -0.2) is 4.98 Å². The van der Waals surface area contributed by atoms with Gasteiger partial charge in [-0.2, -0.15) is 0 Å². The molecule has 3 nitrogen and oxygen atoms in total. The Hall–Kier alpha value is -1.09. The quantitative estimate of drug-likeness (QED) is 0.854. The number of rotatable bonds is 3. The van der Waals surface area contributed by atoms with Gasteiger partial charge in [0.05, 0.1) is 6.10 Å². The highest BCUT2D eigenvalue weighted by Gasteiger charge is 2.15. The molecule has 1 N–H and O–H groups in total. The SMILES string of the molecule is C[C@@H](O)c1ccnc(N(C)CC(C)(C)C)c1. The maximum Gasteiger partial charge on any atom is 0.128 e. The van der Waals surface area contributed by atoms with E-state index >= 15 is 0 Å². The second kappa shape index (κ2) is 4.83. The third-order valence-corrected chi connectivity index (χ3v) is 2.35. The topological polar surface area (TPSA) is 36.4 Å². The molecule has 0 aliphatic heterocycles. The zero-order valence-electron chi connectivity index (χ0n) is 10.9. The van der Waals surface area contributed by atoms with E-state index in [0.717, 1.165) is 17.9 Å². The van der Waals surface area contributed by atoms with Crippen molar-refractivity contribution in [2.75, 3.05) is 18.5 Å². The summed E-state index contributed by atoms with van der Waals surface area (Å²) in [6.07, 6.45) is 1.31. The summed E-state index contributed by atoms with van der Waals surface area (Å²) in [5, 5.41) is 9.52. The van der Waals surface area contributed by atoms with Crippen LogP contribution in [0.25, 0.3) is 0 Å². The van der Waals surface area contributed by atoms with Gasteiger partial charge in [-0.05, 0) is 30.0 Å². The Labute approximate surface area is 98.1 Å². The van der Waals surface area contributed by atoms with Crippen molar-refractivity contribution in [3.8, 4) is 0 Å². The van der Waals surface area contributed by atoms with Crippen LogP contribution in [-0.4, -0.2) is 23.7 Å². The molecule has 0 aromatic carbocycles. The van der Waals surface area contributed by atoms with Crippen molar-refractivity contribution < 1.29 is 5.11 Å². The molecule has 0 aliphatic rings. The normalized spacial score (nSPS) is 13.6. The summed E-state index contributed by atoms with van der Waals surface area (Å²) in [5.41, 5.74) is 1.14. The molecule has 1 atom stereocenters. The van der Waals surface area contributed by atoms with Crippen LogP contribution < -0.4 is 4.90 Å². The first-order chi connectivity index (χ1) is 7.29. The molecule has 0 bridgehead atoms. The van der Waals surface area contributed by atoms with Gasteiger partial charge in [-0.1, -0.05) is 20.8 Å². The smallest absolute Gasteiger partial charge is 0.128 e. The molecule has 3 heteroatoms. The molecular weight excluding hydrogens is 200 g/mol. The van der Waals surface area contributed by atoms with E-state index in [4.69, 9.17) is 0 Å². The number of hydrogen-bond acceptors (Lipinski definition) is 3. The van der Waals surface area contributed by atoms with Crippen LogP contribution in [0, 0.1) is 5.41 Å². The van der Waals surface area contributed by atoms with E-state index in [1.54, 1.807) is 13.1 Å². The van der Waals surface area contributed by atoms with Gasteiger partial charge in [-0.3, -0.25) is 0 Å². The van der Waals surface area contributed by atoms with E-state index in [0.29, 0.717) is 0 Å². The number of aromatic nitrogens is 1. The van der Waals surface area contributed by atoms with Gasteiger partial charge >= 0.3 is 0 Å². The highest BCUT2D eigenvalue weighted by Crippen LogP contribution is 2.21. The summed E-state index contributed by atoms with van der Waals surface area (Å²) < 4.78 is 0. The minimum Gasteiger partial charge on any atom is -0.389 e. The first-order valence-electron chi connectivity index (χ1n) is 5.65. The Bertz CT molecular complexity index is 342. The number of hydrogen-bond donors (Lipinski definition) is 1. The molecule has 0 radical (unpaired) electrons. The van der Waals surface area contributed by atoms with Gasteiger partial charge in [0.15, 0.2) is 0 Å². The number of pyridine rings is 1. The average Bonchev–Trinajstić information content (AvgIpc) is 2.15. The van der Waals surface area contributed by atoms with Crippen LogP contribution in [0.15, 0.2) is 18.3 Å². The van der Waals surface area contributed by atoms with Crippen molar-refractivity contribution in [2.24, 2.45) is 5.41 Å². The minimum atomic E-state index is -0.440. The highest BCUT2D eigenvalue weighted by molar-refractivity contribution is 5.40. The number of aliphatic hydroxyl groups is 1. The summed E-state index contributed by atoms with van der Waals surface area (Å²) in [4.78, 5) is 6.44. The van der Waals surface area contributed by atoms with Crippen LogP contribution in [0.1, 0.15) is 39.4 Å². The van der Waals surface area contributed by atoms with Crippen LogP contribution >= 0.6 is 0 Å². The first kappa shape index (κ1) is 13.0.